The lowest BCUT2D eigenvalue weighted by atomic mass is 9.85. The molecule has 2 fully saturated rings. The van der Waals surface area contributed by atoms with E-state index in [9.17, 15) is 0 Å². The van der Waals surface area contributed by atoms with Gasteiger partial charge in [0.25, 0.3) is 0 Å². The molecular formula is C15H31N3. The van der Waals surface area contributed by atoms with Crippen molar-refractivity contribution in [3.63, 3.8) is 0 Å². The summed E-state index contributed by atoms with van der Waals surface area (Å²) in [6.45, 7) is 11.8. The minimum absolute atomic E-state index is 0.457. The third kappa shape index (κ3) is 3.25. The standard InChI is InChI=1S/C15H31N3/c1-3-14(2)18-10-8-17(9-11-18)13-15(12-16)6-4-5-7-15/h14H,3-13,16H2,1-2H3. The van der Waals surface area contributed by atoms with Gasteiger partial charge in [-0.15, -0.1) is 0 Å². The fourth-order valence-electron chi connectivity index (χ4n) is 3.65. The number of nitrogens with two attached hydrogens (primary N) is 1. The molecule has 1 heterocycles. The van der Waals surface area contributed by atoms with E-state index in [1.54, 1.807) is 0 Å². The molecule has 0 aromatic carbocycles. The van der Waals surface area contributed by atoms with E-state index in [-0.39, 0.29) is 0 Å². The van der Waals surface area contributed by atoms with Crippen LogP contribution in [0.3, 0.4) is 0 Å². The monoisotopic (exact) mass is 253 g/mol. The maximum absolute atomic E-state index is 6.05. The number of hydrogen-bond donors (Lipinski definition) is 1. The molecule has 1 saturated heterocycles. The number of hydrogen-bond acceptors (Lipinski definition) is 3. The molecule has 2 N–H and O–H groups in total. The van der Waals surface area contributed by atoms with Crippen molar-refractivity contribution in [2.45, 2.75) is 52.0 Å². The first kappa shape index (κ1) is 14.3. The second kappa shape index (κ2) is 6.36. The predicted molar refractivity (Wildman–Crippen MR) is 77.7 cm³/mol. The quantitative estimate of drug-likeness (QED) is 0.812. The number of nitrogens with zero attached hydrogens (tertiary/aromatic N) is 2. The van der Waals surface area contributed by atoms with Gasteiger partial charge < -0.3 is 10.6 Å². The molecule has 1 atom stereocenters. The average molecular weight is 253 g/mol. The third-order valence-electron chi connectivity index (χ3n) is 5.28. The SMILES string of the molecule is CCC(C)N1CCN(CC2(CN)CCCC2)CC1. The molecule has 1 unspecified atom stereocenters. The highest BCUT2D eigenvalue weighted by Gasteiger charge is 2.35. The van der Waals surface area contributed by atoms with Crippen molar-refractivity contribution < 1.29 is 0 Å². The molecule has 1 aliphatic carbocycles. The van der Waals surface area contributed by atoms with Gasteiger partial charge in [0, 0.05) is 38.8 Å². The predicted octanol–water partition coefficient (Wildman–Crippen LogP) is 1.92. The maximum Gasteiger partial charge on any atom is 0.0113 e. The van der Waals surface area contributed by atoms with E-state index in [0.717, 1.165) is 12.6 Å². The summed E-state index contributed by atoms with van der Waals surface area (Å²) in [5.74, 6) is 0. The van der Waals surface area contributed by atoms with Gasteiger partial charge in [-0.2, -0.15) is 0 Å². The summed E-state index contributed by atoms with van der Waals surface area (Å²) in [5, 5.41) is 0. The van der Waals surface area contributed by atoms with Crippen LogP contribution in [-0.4, -0.2) is 55.1 Å². The molecular weight excluding hydrogens is 222 g/mol. The molecule has 0 aromatic rings. The minimum Gasteiger partial charge on any atom is -0.330 e. The second-order valence-electron chi connectivity index (χ2n) is 6.48. The van der Waals surface area contributed by atoms with Crippen LogP contribution in [0.25, 0.3) is 0 Å². The Kier molecular flexibility index (Phi) is 5.05. The van der Waals surface area contributed by atoms with Gasteiger partial charge in [0.1, 0.15) is 0 Å². The Balaban J connectivity index is 1.79. The zero-order chi connectivity index (χ0) is 13.0. The highest BCUT2D eigenvalue weighted by molar-refractivity contribution is 4.90. The molecule has 0 bridgehead atoms. The highest BCUT2D eigenvalue weighted by atomic mass is 15.3. The van der Waals surface area contributed by atoms with E-state index in [2.05, 4.69) is 23.6 Å². The van der Waals surface area contributed by atoms with Gasteiger partial charge in [0.15, 0.2) is 0 Å². The minimum atomic E-state index is 0.457. The van der Waals surface area contributed by atoms with Crippen molar-refractivity contribution in [1.29, 1.82) is 0 Å². The van der Waals surface area contributed by atoms with E-state index >= 15 is 0 Å². The van der Waals surface area contributed by atoms with Gasteiger partial charge in [0.2, 0.25) is 0 Å². The fraction of sp³-hybridized carbons (Fsp3) is 1.00. The summed E-state index contributed by atoms with van der Waals surface area (Å²) < 4.78 is 0. The first-order chi connectivity index (χ1) is 8.69. The molecule has 1 saturated carbocycles. The third-order valence-corrected chi connectivity index (χ3v) is 5.28. The molecule has 0 amide bonds. The van der Waals surface area contributed by atoms with Crippen LogP contribution in [-0.2, 0) is 0 Å². The van der Waals surface area contributed by atoms with Crippen molar-refractivity contribution >= 4 is 0 Å². The molecule has 2 rings (SSSR count). The van der Waals surface area contributed by atoms with Crippen molar-refractivity contribution in [3.8, 4) is 0 Å². The summed E-state index contributed by atoms with van der Waals surface area (Å²) in [5.41, 5.74) is 6.50. The molecule has 3 heteroatoms. The van der Waals surface area contributed by atoms with Crippen LogP contribution in [0.2, 0.25) is 0 Å². The lowest BCUT2D eigenvalue weighted by molar-refractivity contribution is 0.0691. The van der Waals surface area contributed by atoms with Crippen molar-refractivity contribution in [3.05, 3.63) is 0 Å². The van der Waals surface area contributed by atoms with Crippen molar-refractivity contribution in [1.82, 2.24) is 9.80 Å². The largest absolute Gasteiger partial charge is 0.330 e. The average Bonchev–Trinajstić information content (AvgIpc) is 2.88. The van der Waals surface area contributed by atoms with Crippen LogP contribution in [0.4, 0.5) is 0 Å². The Labute approximate surface area is 113 Å². The van der Waals surface area contributed by atoms with Crippen LogP contribution < -0.4 is 5.73 Å². The molecule has 2 aliphatic rings. The summed E-state index contributed by atoms with van der Waals surface area (Å²) in [7, 11) is 0. The Morgan fingerprint density at radius 1 is 1.11 bits per heavy atom. The zero-order valence-electron chi connectivity index (χ0n) is 12.3. The molecule has 18 heavy (non-hydrogen) atoms. The van der Waals surface area contributed by atoms with Crippen LogP contribution in [0.5, 0.6) is 0 Å². The van der Waals surface area contributed by atoms with E-state index in [0.29, 0.717) is 5.41 Å². The summed E-state index contributed by atoms with van der Waals surface area (Å²) in [6, 6.07) is 0.752. The Hall–Kier alpha value is -0.120. The van der Waals surface area contributed by atoms with Gasteiger partial charge in [-0.05, 0) is 38.1 Å². The fourth-order valence-corrected chi connectivity index (χ4v) is 3.65. The summed E-state index contributed by atoms with van der Waals surface area (Å²) in [4.78, 5) is 5.30. The van der Waals surface area contributed by atoms with Gasteiger partial charge in [-0.25, -0.2) is 0 Å². The molecule has 1 aliphatic heterocycles. The number of piperazine rings is 1. The van der Waals surface area contributed by atoms with Crippen molar-refractivity contribution in [2.75, 3.05) is 39.3 Å². The van der Waals surface area contributed by atoms with Crippen LogP contribution >= 0.6 is 0 Å². The maximum atomic E-state index is 6.05. The van der Waals surface area contributed by atoms with Crippen LogP contribution in [0.1, 0.15) is 46.0 Å². The van der Waals surface area contributed by atoms with Crippen molar-refractivity contribution in [2.24, 2.45) is 11.1 Å². The summed E-state index contributed by atoms with van der Waals surface area (Å²) in [6.07, 6.45) is 6.77. The Bertz CT molecular complexity index is 240. The first-order valence-corrected chi connectivity index (χ1v) is 7.85. The first-order valence-electron chi connectivity index (χ1n) is 7.85. The van der Waals surface area contributed by atoms with Gasteiger partial charge in [0.05, 0.1) is 0 Å². The molecule has 106 valence electrons. The summed E-state index contributed by atoms with van der Waals surface area (Å²) >= 11 is 0. The second-order valence-corrected chi connectivity index (χ2v) is 6.48. The Morgan fingerprint density at radius 2 is 1.72 bits per heavy atom. The molecule has 3 nitrogen and oxygen atoms in total. The van der Waals surface area contributed by atoms with Crippen LogP contribution in [0.15, 0.2) is 0 Å². The van der Waals surface area contributed by atoms with Gasteiger partial charge >= 0.3 is 0 Å². The lowest BCUT2D eigenvalue weighted by Gasteiger charge is -2.41. The lowest BCUT2D eigenvalue weighted by Crippen LogP contribution is -2.52. The topological polar surface area (TPSA) is 32.5 Å². The van der Waals surface area contributed by atoms with Gasteiger partial charge in [-0.1, -0.05) is 19.8 Å². The van der Waals surface area contributed by atoms with E-state index in [4.69, 9.17) is 5.73 Å². The van der Waals surface area contributed by atoms with E-state index < -0.39 is 0 Å². The molecule has 0 radical (unpaired) electrons. The zero-order valence-corrected chi connectivity index (χ0v) is 12.3. The molecule has 0 aromatic heterocycles. The molecule has 0 spiro atoms. The normalized spacial score (nSPS) is 27.5. The van der Waals surface area contributed by atoms with Gasteiger partial charge in [-0.3, -0.25) is 4.90 Å². The van der Waals surface area contributed by atoms with E-state index in [1.807, 2.05) is 0 Å². The highest BCUT2D eigenvalue weighted by Crippen LogP contribution is 2.37. The smallest absolute Gasteiger partial charge is 0.0113 e. The Morgan fingerprint density at radius 3 is 2.22 bits per heavy atom. The van der Waals surface area contributed by atoms with Crippen LogP contribution in [0, 0.1) is 5.41 Å². The number of rotatable bonds is 5. The van der Waals surface area contributed by atoms with E-state index in [1.165, 1.54) is 64.8 Å².